The Morgan fingerprint density at radius 2 is 1.79 bits per heavy atom. The van der Waals surface area contributed by atoms with Crippen LogP contribution >= 0.6 is 0 Å². The van der Waals surface area contributed by atoms with E-state index in [-0.39, 0.29) is 18.5 Å². The molecule has 0 aromatic heterocycles. The van der Waals surface area contributed by atoms with E-state index in [9.17, 15) is 14.7 Å². The van der Waals surface area contributed by atoms with Crippen molar-refractivity contribution in [2.45, 2.75) is 51.5 Å². The van der Waals surface area contributed by atoms with Crippen molar-refractivity contribution < 1.29 is 19.4 Å². The predicted octanol–water partition coefficient (Wildman–Crippen LogP) is 3.66. The van der Waals surface area contributed by atoms with E-state index in [1.165, 1.54) is 4.90 Å². The second-order valence-corrected chi connectivity index (χ2v) is 8.23. The van der Waals surface area contributed by atoms with Gasteiger partial charge in [0, 0.05) is 17.7 Å². The van der Waals surface area contributed by atoms with E-state index < -0.39 is 17.9 Å². The highest BCUT2D eigenvalue weighted by Crippen LogP contribution is 2.34. The number of aliphatic hydroxyl groups is 1. The van der Waals surface area contributed by atoms with Gasteiger partial charge in [-0.15, -0.1) is 0 Å². The van der Waals surface area contributed by atoms with Crippen LogP contribution in [0.1, 0.15) is 54.9 Å². The molecule has 2 amide bonds. The maximum atomic E-state index is 13.0. The summed E-state index contributed by atoms with van der Waals surface area (Å²) in [6, 6.07) is 16.6. The van der Waals surface area contributed by atoms with Gasteiger partial charge < -0.3 is 20.1 Å². The summed E-state index contributed by atoms with van der Waals surface area (Å²) in [5, 5.41) is 13.5. The van der Waals surface area contributed by atoms with Crippen molar-refractivity contribution in [2.75, 3.05) is 6.54 Å². The number of nitrogens with zero attached hydrogens (tertiary/aromatic N) is 1. The quantitative estimate of drug-likeness (QED) is 0.781. The zero-order valence-corrected chi connectivity index (χ0v) is 17.1. The maximum Gasteiger partial charge on any atom is 0.407 e. The highest BCUT2D eigenvalue weighted by Gasteiger charge is 2.39. The van der Waals surface area contributed by atoms with Crippen molar-refractivity contribution in [3.63, 3.8) is 0 Å². The summed E-state index contributed by atoms with van der Waals surface area (Å²) in [5.41, 5.74) is 1.62. The number of hydrogen-bond donors (Lipinski definition) is 2. The van der Waals surface area contributed by atoms with Gasteiger partial charge in [-0.1, -0.05) is 48.5 Å². The number of aryl methyl sites for hydroxylation is 1. The lowest BCUT2D eigenvalue weighted by Crippen LogP contribution is -2.47. The minimum absolute atomic E-state index is 0.193. The molecule has 3 rings (SSSR count). The molecule has 1 aliphatic heterocycles. The molecule has 2 aromatic rings. The number of aliphatic hydroxyl groups excluding tert-OH is 1. The fourth-order valence-electron chi connectivity index (χ4n) is 3.52. The SMILES string of the molecule is CC(C)(C)OC(=O)NCC(CCc1ccccc1)N1C(=O)c2ccccc2C1O. The van der Waals surface area contributed by atoms with Gasteiger partial charge in [-0.25, -0.2) is 4.79 Å². The first-order valence-electron chi connectivity index (χ1n) is 9.87. The Kier molecular flexibility index (Phi) is 6.23. The summed E-state index contributed by atoms with van der Waals surface area (Å²) >= 11 is 0. The molecule has 2 N–H and O–H groups in total. The first-order chi connectivity index (χ1) is 13.8. The Bertz CT molecular complexity index is 861. The van der Waals surface area contributed by atoms with Crippen molar-refractivity contribution in [1.29, 1.82) is 0 Å². The molecule has 6 heteroatoms. The zero-order valence-electron chi connectivity index (χ0n) is 17.1. The summed E-state index contributed by atoms with van der Waals surface area (Å²) in [6.45, 7) is 5.58. The smallest absolute Gasteiger partial charge is 0.407 e. The molecule has 6 nitrogen and oxygen atoms in total. The number of fused-ring (bicyclic) bond motifs is 1. The van der Waals surface area contributed by atoms with Gasteiger partial charge >= 0.3 is 6.09 Å². The van der Waals surface area contributed by atoms with E-state index in [0.29, 0.717) is 24.0 Å². The van der Waals surface area contributed by atoms with Crippen LogP contribution in [0.4, 0.5) is 4.79 Å². The second kappa shape index (κ2) is 8.66. The molecule has 1 heterocycles. The van der Waals surface area contributed by atoms with Crippen molar-refractivity contribution in [3.05, 3.63) is 71.3 Å². The van der Waals surface area contributed by atoms with E-state index in [1.807, 2.05) is 30.3 Å². The van der Waals surface area contributed by atoms with Gasteiger partial charge in [0.25, 0.3) is 5.91 Å². The first-order valence-corrected chi connectivity index (χ1v) is 9.87. The van der Waals surface area contributed by atoms with Gasteiger partial charge in [0.2, 0.25) is 0 Å². The highest BCUT2D eigenvalue weighted by atomic mass is 16.6. The summed E-state index contributed by atoms with van der Waals surface area (Å²) in [4.78, 5) is 26.6. The topological polar surface area (TPSA) is 78.9 Å². The molecule has 0 bridgehead atoms. The molecule has 0 spiro atoms. The molecular formula is C23H28N2O4. The lowest BCUT2D eigenvalue weighted by atomic mass is 10.0. The average molecular weight is 396 g/mol. The van der Waals surface area contributed by atoms with E-state index in [2.05, 4.69) is 5.32 Å². The number of carbonyl (C=O) groups is 2. The van der Waals surface area contributed by atoms with Crippen LogP contribution < -0.4 is 5.32 Å². The van der Waals surface area contributed by atoms with Gasteiger partial charge in [-0.3, -0.25) is 4.79 Å². The van der Waals surface area contributed by atoms with E-state index >= 15 is 0 Å². The summed E-state index contributed by atoms with van der Waals surface area (Å²) < 4.78 is 5.31. The molecular weight excluding hydrogens is 368 g/mol. The lowest BCUT2D eigenvalue weighted by molar-refractivity contribution is -0.00623. The van der Waals surface area contributed by atoms with Crippen LogP contribution in [-0.2, 0) is 11.2 Å². The molecule has 0 saturated heterocycles. The Morgan fingerprint density at radius 3 is 2.45 bits per heavy atom. The fourth-order valence-corrected chi connectivity index (χ4v) is 3.52. The summed E-state index contributed by atoms with van der Waals surface area (Å²) in [7, 11) is 0. The lowest BCUT2D eigenvalue weighted by Gasteiger charge is -2.31. The van der Waals surface area contributed by atoms with E-state index in [0.717, 1.165) is 5.56 Å². The van der Waals surface area contributed by atoms with E-state index in [4.69, 9.17) is 4.74 Å². The Balaban J connectivity index is 1.75. The molecule has 154 valence electrons. The van der Waals surface area contributed by atoms with Crippen LogP contribution in [0.15, 0.2) is 54.6 Å². The van der Waals surface area contributed by atoms with Crippen LogP contribution in [0.3, 0.4) is 0 Å². The van der Waals surface area contributed by atoms with Crippen LogP contribution in [-0.4, -0.2) is 40.2 Å². The number of carbonyl (C=O) groups excluding carboxylic acids is 2. The zero-order chi connectivity index (χ0) is 21.0. The normalized spacial score (nSPS) is 17.0. The summed E-state index contributed by atoms with van der Waals surface area (Å²) in [6.07, 6.45) is -0.258. The number of nitrogens with one attached hydrogen (secondary N) is 1. The molecule has 2 unspecified atom stereocenters. The Labute approximate surface area is 171 Å². The van der Waals surface area contributed by atoms with Gasteiger partial charge in [0.15, 0.2) is 6.23 Å². The first kappa shape index (κ1) is 20.9. The number of amides is 2. The maximum absolute atomic E-state index is 13.0. The van der Waals surface area contributed by atoms with Crippen LogP contribution in [0, 0.1) is 0 Å². The minimum Gasteiger partial charge on any atom is -0.444 e. The van der Waals surface area contributed by atoms with Crippen LogP contribution in [0.2, 0.25) is 0 Å². The number of rotatable bonds is 6. The highest BCUT2D eigenvalue weighted by molar-refractivity contribution is 5.99. The van der Waals surface area contributed by atoms with Crippen molar-refractivity contribution >= 4 is 12.0 Å². The number of hydrogen-bond acceptors (Lipinski definition) is 4. The number of ether oxygens (including phenoxy) is 1. The van der Waals surface area contributed by atoms with Crippen molar-refractivity contribution in [2.24, 2.45) is 0 Å². The third-order valence-electron chi connectivity index (χ3n) is 4.85. The average Bonchev–Trinajstić information content (AvgIpc) is 2.93. The number of alkyl carbamates (subject to hydrolysis) is 1. The van der Waals surface area contributed by atoms with Gasteiger partial charge in [0.1, 0.15) is 5.60 Å². The molecule has 1 aliphatic rings. The largest absolute Gasteiger partial charge is 0.444 e. The van der Waals surface area contributed by atoms with Crippen LogP contribution in [0.5, 0.6) is 0 Å². The van der Waals surface area contributed by atoms with Crippen LogP contribution in [0.25, 0.3) is 0 Å². The molecule has 0 saturated carbocycles. The summed E-state index contributed by atoms with van der Waals surface area (Å²) in [5.74, 6) is -0.225. The van der Waals surface area contributed by atoms with Gasteiger partial charge in [-0.05, 0) is 45.2 Å². The number of benzene rings is 2. The molecule has 2 aromatic carbocycles. The molecule has 0 aliphatic carbocycles. The molecule has 0 fully saturated rings. The monoisotopic (exact) mass is 396 g/mol. The molecule has 0 radical (unpaired) electrons. The molecule has 2 atom stereocenters. The second-order valence-electron chi connectivity index (χ2n) is 8.23. The van der Waals surface area contributed by atoms with Gasteiger partial charge in [-0.2, -0.15) is 0 Å². The fraction of sp³-hybridized carbons (Fsp3) is 0.391. The minimum atomic E-state index is -1.03. The standard InChI is InChI=1S/C23H28N2O4/c1-23(2,3)29-22(28)24-15-17(14-13-16-9-5-4-6-10-16)25-20(26)18-11-7-8-12-19(18)21(25)27/h4-12,17,20,26H,13-15H2,1-3H3,(H,24,28). The van der Waals surface area contributed by atoms with E-state index in [1.54, 1.807) is 45.0 Å². The van der Waals surface area contributed by atoms with Crippen molar-refractivity contribution in [3.8, 4) is 0 Å². The van der Waals surface area contributed by atoms with Gasteiger partial charge in [0.05, 0.1) is 6.04 Å². The van der Waals surface area contributed by atoms with Crippen molar-refractivity contribution in [1.82, 2.24) is 10.2 Å². The Morgan fingerprint density at radius 1 is 1.14 bits per heavy atom. The third-order valence-corrected chi connectivity index (χ3v) is 4.85. The Hall–Kier alpha value is -2.86. The molecule has 29 heavy (non-hydrogen) atoms. The predicted molar refractivity (Wildman–Crippen MR) is 110 cm³/mol. The third kappa shape index (κ3) is 5.15.